The highest BCUT2D eigenvalue weighted by molar-refractivity contribution is 5.47. The zero-order chi connectivity index (χ0) is 6.81. The maximum Gasteiger partial charge on any atom is 0.0366 e. The Bertz CT molecular complexity index is 201. The molecule has 0 bridgehead atoms. The average Bonchev–Trinajstić information content (AvgIpc) is 1.86. The molecule has 1 heteroatoms. The summed E-state index contributed by atoms with van der Waals surface area (Å²) in [5.74, 6) is 0. The topological polar surface area (TPSA) is 3.24 Å². The van der Waals surface area contributed by atoms with Gasteiger partial charge in [-0.1, -0.05) is 18.2 Å². The highest BCUT2D eigenvalue weighted by Crippen LogP contribution is 2.18. The summed E-state index contributed by atoms with van der Waals surface area (Å²) >= 11 is 0. The van der Waals surface area contributed by atoms with E-state index in [1.54, 1.807) is 0 Å². The second kappa shape index (κ2) is 2.33. The Morgan fingerprint density at radius 2 is 1.70 bits per heavy atom. The molecule has 0 amide bonds. The molecule has 0 saturated carbocycles. The fraction of sp³-hybridized carbons (Fsp3) is 0.333. The van der Waals surface area contributed by atoms with Gasteiger partial charge >= 0.3 is 0 Å². The largest absolute Gasteiger partial charge is 0.371 e. The molecule has 0 N–H and O–H groups in total. The predicted molar refractivity (Wildman–Crippen MR) is 43.3 cm³/mol. The first-order valence-corrected chi connectivity index (χ1v) is 3.77. The Morgan fingerprint density at radius 1 is 1.00 bits per heavy atom. The summed E-state index contributed by atoms with van der Waals surface area (Å²) in [7, 11) is 0. The number of para-hydroxylation sites is 1. The third-order valence-corrected chi connectivity index (χ3v) is 1.98. The molecule has 1 nitrogen and oxygen atoms in total. The van der Waals surface area contributed by atoms with E-state index in [9.17, 15) is 0 Å². The van der Waals surface area contributed by atoms with Gasteiger partial charge in [0.25, 0.3) is 0 Å². The van der Waals surface area contributed by atoms with Crippen LogP contribution < -0.4 is 4.90 Å². The summed E-state index contributed by atoms with van der Waals surface area (Å²) in [6, 6.07) is 10.6. The van der Waals surface area contributed by atoms with Crippen LogP contribution in [0.1, 0.15) is 6.42 Å². The normalized spacial score (nSPS) is 16.6. The first kappa shape index (κ1) is 5.78. The molecular weight excluding hydrogens is 122 g/mol. The van der Waals surface area contributed by atoms with Crippen LogP contribution in [0.5, 0.6) is 0 Å². The molecule has 1 aromatic carbocycles. The van der Waals surface area contributed by atoms with Crippen LogP contribution in [-0.4, -0.2) is 13.1 Å². The van der Waals surface area contributed by atoms with E-state index in [1.165, 1.54) is 25.2 Å². The Labute approximate surface area is 61.3 Å². The molecule has 0 unspecified atom stereocenters. The van der Waals surface area contributed by atoms with Gasteiger partial charge in [0.15, 0.2) is 0 Å². The SMILES string of the molecule is c1ccc(N2CCC2)cc1. The van der Waals surface area contributed by atoms with Crippen LogP contribution >= 0.6 is 0 Å². The van der Waals surface area contributed by atoms with Crippen molar-refractivity contribution in [2.45, 2.75) is 6.42 Å². The van der Waals surface area contributed by atoms with Gasteiger partial charge in [-0.3, -0.25) is 0 Å². The van der Waals surface area contributed by atoms with E-state index >= 15 is 0 Å². The highest BCUT2D eigenvalue weighted by Gasteiger charge is 2.12. The van der Waals surface area contributed by atoms with Gasteiger partial charge in [0.2, 0.25) is 0 Å². The summed E-state index contributed by atoms with van der Waals surface area (Å²) in [6.07, 6.45) is 1.36. The third-order valence-electron chi connectivity index (χ3n) is 1.98. The molecular formula is C9H11N. The Morgan fingerprint density at radius 3 is 2.20 bits per heavy atom. The van der Waals surface area contributed by atoms with E-state index < -0.39 is 0 Å². The van der Waals surface area contributed by atoms with Crippen molar-refractivity contribution in [1.29, 1.82) is 0 Å². The van der Waals surface area contributed by atoms with Crippen molar-refractivity contribution in [3.63, 3.8) is 0 Å². The molecule has 52 valence electrons. The molecule has 1 saturated heterocycles. The van der Waals surface area contributed by atoms with Crippen LogP contribution in [-0.2, 0) is 0 Å². The first-order chi connectivity index (χ1) is 4.97. The van der Waals surface area contributed by atoms with Crippen molar-refractivity contribution in [3.05, 3.63) is 30.3 Å². The zero-order valence-corrected chi connectivity index (χ0v) is 5.96. The van der Waals surface area contributed by atoms with Gasteiger partial charge in [-0.15, -0.1) is 0 Å². The molecule has 1 aliphatic heterocycles. The summed E-state index contributed by atoms with van der Waals surface area (Å²) < 4.78 is 0. The molecule has 10 heavy (non-hydrogen) atoms. The lowest BCUT2D eigenvalue weighted by molar-refractivity contribution is 0.618. The van der Waals surface area contributed by atoms with E-state index in [0.29, 0.717) is 0 Å². The number of hydrogen-bond acceptors (Lipinski definition) is 1. The number of anilines is 1. The molecule has 0 radical (unpaired) electrons. The van der Waals surface area contributed by atoms with Crippen molar-refractivity contribution >= 4 is 5.69 Å². The molecule has 0 atom stereocenters. The van der Waals surface area contributed by atoms with Crippen LogP contribution in [0.4, 0.5) is 5.69 Å². The van der Waals surface area contributed by atoms with E-state index in [0.717, 1.165) is 0 Å². The van der Waals surface area contributed by atoms with Crippen LogP contribution in [0.2, 0.25) is 0 Å². The number of benzene rings is 1. The second-order valence-electron chi connectivity index (χ2n) is 2.68. The van der Waals surface area contributed by atoms with Gasteiger partial charge in [0, 0.05) is 18.8 Å². The molecule has 1 aromatic rings. The minimum atomic E-state index is 1.24. The smallest absolute Gasteiger partial charge is 0.0366 e. The van der Waals surface area contributed by atoms with E-state index in [2.05, 4.69) is 35.2 Å². The Kier molecular flexibility index (Phi) is 1.35. The first-order valence-electron chi connectivity index (χ1n) is 3.77. The molecule has 0 aromatic heterocycles. The lowest BCUT2D eigenvalue weighted by Crippen LogP contribution is -2.36. The van der Waals surface area contributed by atoms with Gasteiger partial charge < -0.3 is 4.90 Å². The van der Waals surface area contributed by atoms with Crippen molar-refractivity contribution in [2.75, 3.05) is 18.0 Å². The molecule has 1 heterocycles. The predicted octanol–water partition coefficient (Wildman–Crippen LogP) is 1.90. The minimum Gasteiger partial charge on any atom is -0.371 e. The number of rotatable bonds is 1. The summed E-state index contributed by atoms with van der Waals surface area (Å²) in [4.78, 5) is 2.39. The van der Waals surface area contributed by atoms with Crippen molar-refractivity contribution < 1.29 is 0 Å². The quantitative estimate of drug-likeness (QED) is 0.565. The summed E-state index contributed by atoms with van der Waals surface area (Å²) in [5.41, 5.74) is 1.37. The van der Waals surface area contributed by atoms with Crippen LogP contribution in [0.15, 0.2) is 30.3 Å². The molecule has 0 spiro atoms. The highest BCUT2D eigenvalue weighted by atomic mass is 15.2. The maximum atomic E-state index is 2.39. The Balaban J connectivity index is 2.18. The average molecular weight is 133 g/mol. The van der Waals surface area contributed by atoms with Crippen molar-refractivity contribution in [1.82, 2.24) is 0 Å². The van der Waals surface area contributed by atoms with Gasteiger partial charge in [0.05, 0.1) is 0 Å². The van der Waals surface area contributed by atoms with Crippen LogP contribution in [0, 0.1) is 0 Å². The molecule has 0 aliphatic carbocycles. The standard InChI is InChI=1S/C9H11N/c1-2-5-9(6-3-1)10-7-4-8-10/h1-3,5-6H,4,7-8H2. The zero-order valence-electron chi connectivity index (χ0n) is 5.96. The second-order valence-corrected chi connectivity index (χ2v) is 2.68. The van der Waals surface area contributed by atoms with Gasteiger partial charge in [-0.2, -0.15) is 0 Å². The monoisotopic (exact) mass is 133 g/mol. The van der Waals surface area contributed by atoms with Gasteiger partial charge in [-0.05, 0) is 18.6 Å². The number of hydrogen-bond donors (Lipinski definition) is 0. The third kappa shape index (κ3) is 0.878. The fourth-order valence-electron chi connectivity index (χ4n) is 1.21. The van der Waals surface area contributed by atoms with Crippen molar-refractivity contribution in [2.24, 2.45) is 0 Å². The Hall–Kier alpha value is -0.980. The van der Waals surface area contributed by atoms with E-state index in [1.807, 2.05) is 0 Å². The lowest BCUT2D eigenvalue weighted by Gasteiger charge is -2.33. The summed E-state index contributed by atoms with van der Waals surface area (Å²) in [5, 5.41) is 0. The van der Waals surface area contributed by atoms with Crippen LogP contribution in [0.3, 0.4) is 0 Å². The van der Waals surface area contributed by atoms with Crippen molar-refractivity contribution in [3.8, 4) is 0 Å². The van der Waals surface area contributed by atoms with Crippen LogP contribution in [0.25, 0.3) is 0 Å². The fourth-order valence-corrected chi connectivity index (χ4v) is 1.21. The molecule has 1 fully saturated rings. The molecule has 2 rings (SSSR count). The van der Waals surface area contributed by atoms with E-state index in [4.69, 9.17) is 0 Å². The molecule has 1 aliphatic rings. The van der Waals surface area contributed by atoms with Gasteiger partial charge in [-0.25, -0.2) is 0 Å². The summed E-state index contributed by atoms with van der Waals surface area (Å²) in [6.45, 7) is 2.48. The van der Waals surface area contributed by atoms with Gasteiger partial charge in [0.1, 0.15) is 0 Å². The number of nitrogens with zero attached hydrogens (tertiary/aromatic N) is 1. The van der Waals surface area contributed by atoms with E-state index in [-0.39, 0.29) is 0 Å². The maximum absolute atomic E-state index is 2.39. The minimum absolute atomic E-state index is 1.24. The lowest BCUT2D eigenvalue weighted by atomic mass is 10.2.